The summed E-state index contributed by atoms with van der Waals surface area (Å²) in [7, 11) is 0. The van der Waals surface area contributed by atoms with Gasteiger partial charge in [-0.3, -0.25) is 4.79 Å². The van der Waals surface area contributed by atoms with Crippen LogP contribution in [0, 0.1) is 19.3 Å². The number of rotatable bonds is 2. The fraction of sp³-hybridized carbons (Fsp3) is 0.462. The average Bonchev–Trinajstić information content (AvgIpc) is 2.90. The van der Waals surface area contributed by atoms with Crippen molar-refractivity contribution in [3.8, 4) is 5.75 Å². The zero-order chi connectivity index (χ0) is 11.1. The van der Waals surface area contributed by atoms with Crippen LogP contribution in [0.3, 0.4) is 0 Å². The van der Waals surface area contributed by atoms with Crippen LogP contribution in [0.2, 0.25) is 0 Å². The molecular formula is C13H16O2. The summed E-state index contributed by atoms with van der Waals surface area (Å²) in [5.74, 6) is 0.605. The van der Waals surface area contributed by atoms with E-state index in [4.69, 9.17) is 4.74 Å². The number of hydrogen-bond acceptors (Lipinski definition) is 2. The molecule has 1 aromatic carbocycles. The van der Waals surface area contributed by atoms with Crippen molar-refractivity contribution < 1.29 is 9.53 Å². The van der Waals surface area contributed by atoms with Gasteiger partial charge in [-0.2, -0.15) is 0 Å². The van der Waals surface area contributed by atoms with Crippen molar-refractivity contribution in [1.29, 1.82) is 0 Å². The van der Waals surface area contributed by atoms with Crippen LogP contribution < -0.4 is 4.74 Å². The highest BCUT2D eigenvalue weighted by Gasteiger charge is 2.46. The summed E-state index contributed by atoms with van der Waals surface area (Å²) in [6.07, 6.45) is 1.91. The summed E-state index contributed by atoms with van der Waals surface area (Å²) in [5, 5.41) is 0. The van der Waals surface area contributed by atoms with Gasteiger partial charge < -0.3 is 4.74 Å². The molecule has 15 heavy (non-hydrogen) atoms. The summed E-state index contributed by atoms with van der Waals surface area (Å²) in [6, 6.07) is 5.86. The Balaban J connectivity index is 2.14. The largest absolute Gasteiger partial charge is 0.426 e. The van der Waals surface area contributed by atoms with Crippen LogP contribution in [0.1, 0.15) is 30.9 Å². The Morgan fingerprint density at radius 1 is 1.33 bits per heavy atom. The predicted molar refractivity (Wildman–Crippen MR) is 58.9 cm³/mol. The van der Waals surface area contributed by atoms with Crippen molar-refractivity contribution in [2.45, 2.75) is 33.6 Å². The van der Waals surface area contributed by atoms with Crippen LogP contribution in [0.25, 0.3) is 0 Å². The van der Waals surface area contributed by atoms with Gasteiger partial charge in [-0.15, -0.1) is 0 Å². The standard InChI is InChI=1S/C13H16O2/c1-9-4-5-11(10(2)8-9)15-12(14)13(3)6-7-13/h4-5,8H,6-7H2,1-3H3. The smallest absolute Gasteiger partial charge is 0.317 e. The van der Waals surface area contributed by atoms with E-state index in [-0.39, 0.29) is 11.4 Å². The lowest BCUT2D eigenvalue weighted by molar-refractivity contribution is -0.139. The van der Waals surface area contributed by atoms with Crippen LogP contribution in [0.15, 0.2) is 18.2 Å². The van der Waals surface area contributed by atoms with Crippen molar-refractivity contribution in [3.05, 3.63) is 29.3 Å². The minimum Gasteiger partial charge on any atom is -0.426 e. The Hall–Kier alpha value is -1.31. The van der Waals surface area contributed by atoms with Crippen molar-refractivity contribution in [2.24, 2.45) is 5.41 Å². The molecule has 0 N–H and O–H groups in total. The average molecular weight is 204 g/mol. The Morgan fingerprint density at radius 3 is 2.53 bits per heavy atom. The predicted octanol–water partition coefficient (Wildman–Crippen LogP) is 3.01. The summed E-state index contributed by atoms with van der Waals surface area (Å²) >= 11 is 0. The maximum absolute atomic E-state index is 11.7. The molecule has 1 fully saturated rings. The lowest BCUT2D eigenvalue weighted by atomic mass is 10.1. The maximum Gasteiger partial charge on any atom is 0.317 e. The molecule has 0 spiro atoms. The molecule has 2 nitrogen and oxygen atoms in total. The Labute approximate surface area is 90.3 Å². The number of hydrogen-bond donors (Lipinski definition) is 0. The zero-order valence-corrected chi connectivity index (χ0v) is 9.46. The van der Waals surface area contributed by atoms with Gasteiger partial charge in [0.25, 0.3) is 0 Å². The monoisotopic (exact) mass is 204 g/mol. The second-order valence-corrected chi connectivity index (χ2v) is 4.72. The molecule has 1 aliphatic rings. The number of aryl methyl sites for hydroxylation is 2. The lowest BCUT2D eigenvalue weighted by Gasteiger charge is -2.11. The maximum atomic E-state index is 11.7. The van der Waals surface area contributed by atoms with Crippen LogP contribution in [-0.4, -0.2) is 5.97 Å². The van der Waals surface area contributed by atoms with Gasteiger partial charge in [-0.1, -0.05) is 17.7 Å². The van der Waals surface area contributed by atoms with E-state index in [1.165, 1.54) is 5.56 Å². The number of carbonyl (C=O) groups excluding carboxylic acids is 1. The molecule has 0 aromatic heterocycles. The molecule has 80 valence electrons. The van der Waals surface area contributed by atoms with Gasteiger partial charge in [0, 0.05) is 0 Å². The molecule has 0 atom stereocenters. The van der Waals surface area contributed by atoms with Gasteiger partial charge in [-0.25, -0.2) is 0 Å². The molecule has 0 aliphatic heterocycles. The zero-order valence-electron chi connectivity index (χ0n) is 9.46. The van der Waals surface area contributed by atoms with Crippen molar-refractivity contribution in [2.75, 3.05) is 0 Å². The van der Waals surface area contributed by atoms with Gasteiger partial charge in [-0.05, 0) is 45.2 Å². The SMILES string of the molecule is Cc1ccc(OC(=O)C2(C)CC2)c(C)c1. The first-order valence-electron chi connectivity index (χ1n) is 5.31. The van der Waals surface area contributed by atoms with E-state index in [0.717, 1.165) is 18.4 Å². The fourth-order valence-corrected chi connectivity index (χ4v) is 1.53. The molecule has 0 bridgehead atoms. The lowest BCUT2D eigenvalue weighted by Crippen LogP contribution is -2.19. The number of benzene rings is 1. The minimum absolute atomic E-state index is 0.0885. The first-order valence-corrected chi connectivity index (χ1v) is 5.31. The summed E-state index contributed by atoms with van der Waals surface area (Å²) in [4.78, 5) is 11.7. The van der Waals surface area contributed by atoms with Crippen molar-refractivity contribution in [1.82, 2.24) is 0 Å². The molecule has 2 heteroatoms. The number of esters is 1. The molecular weight excluding hydrogens is 188 g/mol. The van der Waals surface area contributed by atoms with E-state index in [1.54, 1.807) is 0 Å². The molecule has 0 heterocycles. The number of ether oxygens (including phenoxy) is 1. The second-order valence-electron chi connectivity index (χ2n) is 4.72. The molecule has 1 aliphatic carbocycles. The highest BCUT2D eigenvalue weighted by molar-refractivity contribution is 5.81. The van der Waals surface area contributed by atoms with Crippen LogP contribution in [0.5, 0.6) is 5.75 Å². The van der Waals surface area contributed by atoms with Gasteiger partial charge >= 0.3 is 5.97 Å². The molecule has 1 aromatic rings. The molecule has 0 saturated heterocycles. The van der Waals surface area contributed by atoms with E-state index < -0.39 is 0 Å². The molecule has 0 amide bonds. The van der Waals surface area contributed by atoms with Gasteiger partial charge in [0.05, 0.1) is 5.41 Å². The minimum atomic E-state index is -0.211. The van der Waals surface area contributed by atoms with E-state index in [9.17, 15) is 4.79 Å². The van der Waals surface area contributed by atoms with E-state index in [0.29, 0.717) is 5.75 Å². The van der Waals surface area contributed by atoms with Gasteiger partial charge in [0.2, 0.25) is 0 Å². The van der Waals surface area contributed by atoms with Crippen molar-refractivity contribution >= 4 is 5.97 Å². The Morgan fingerprint density at radius 2 is 2.00 bits per heavy atom. The van der Waals surface area contributed by atoms with Crippen molar-refractivity contribution in [3.63, 3.8) is 0 Å². The first kappa shape index (κ1) is 10.2. The summed E-state index contributed by atoms with van der Waals surface area (Å²) in [6.45, 7) is 5.95. The molecule has 0 radical (unpaired) electrons. The normalized spacial score (nSPS) is 17.3. The second kappa shape index (κ2) is 3.37. The van der Waals surface area contributed by atoms with Crippen LogP contribution in [0.4, 0.5) is 0 Å². The van der Waals surface area contributed by atoms with Crippen LogP contribution in [-0.2, 0) is 4.79 Å². The molecule has 1 saturated carbocycles. The Kier molecular flexibility index (Phi) is 2.29. The topological polar surface area (TPSA) is 26.3 Å². The van der Waals surface area contributed by atoms with E-state index >= 15 is 0 Å². The van der Waals surface area contributed by atoms with Crippen LogP contribution >= 0.6 is 0 Å². The molecule has 0 unspecified atom stereocenters. The quantitative estimate of drug-likeness (QED) is 0.546. The molecule has 2 rings (SSSR count). The fourth-order valence-electron chi connectivity index (χ4n) is 1.53. The Bertz CT molecular complexity index is 403. The summed E-state index contributed by atoms with van der Waals surface area (Å²) in [5.41, 5.74) is 2.00. The van der Waals surface area contributed by atoms with Gasteiger partial charge in [0.15, 0.2) is 0 Å². The highest BCUT2D eigenvalue weighted by atomic mass is 16.5. The van der Waals surface area contributed by atoms with E-state index in [2.05, 4.69) is 0 Å². The highest BCUT2D eigenvalue weighted by Crippen LogP contribution is 2.46. The third-order valence-corrected chi connectivity index (χ3v) is 3.03. The number of carbonyl (C=O) groups is 1. The van der Waals surface area contributed by atoms with Gasteiger partial charge in [0.1, 0.15) is 5.75 Å². The third kappa shape index (κ3) is 2.04. The van der Waals surface area contributed by atoms with E-state index in [1.807, 2.05) is 39.0 Å². The summed E-state index contributed by atoms with van der Waals surface area (Å²) < 4.78 is 5.39. The third-order valence-electron chi connectivity index (χ3n) is 3.03. The first-order chi connectivity index (χ1) is 7.01.